The highest BCUT2D eigenvalue weighted by Gasteiger charge is 2.05. The van der Waals surface area contributed by atoms with E-state index in [0.717, 1.165) is 24.2 Å². The fourth-order valence-corrected chi connectivity index (χ4v) is 2.08. The van der Waals surface area contributed by atoms with E-state index < -0.39 is 0 Å². The Kier molecular flexibility index (Phi) is 6.48. The van der Waals surface area contributed by atoms with Gasteiger partial charge in [0.05, 0.1) is 6.54 Å². The average Bonchev–Trinajstić information content (AvgIpc) is 3.02. The molecule has 118 valence electrons. The summed E-state index contributed by atoms with van der Waals surface area (Å²) in [7, 11) is 0. The molecular weight excluding hydrogens is 276 g/mol. The number of aliphatic imine (C=N–C) groups is 1. The van der Waals surface area contributed by atoms with Crippen molar-refractivity contribution in [3.05, 3.63) is 42.3 Å². The molecular formula is C17H24N4O. The van der Waals surface area contributed by atoms with Crippen LogP contribution in [0.2, 0.25) is 0 Å². The number of rotatable bonds is 8. The minimum Gasteiger partial charge on any atom is -0.444 e. The Labute approximate surface area is 131 Å². The molecule has 22 heavy (non-hydrogen) atoms. The van der Waals surface area contributed by atoms with Crippen molar-refractivity contribution in [1.29, 1.82) is 0 Å². The molecule has 2 aromatic rings. The fourth-order valence-electron chi connectivity index (χ4n) is 2.08. The summed E-state index contributed by atoms with van der Waals surface area (Å²) in [5, 5.41) is 3.12. The molecule has 0 aliphatic heterocycles. The van der Waals surface area contributed by atoms with Crippen molar-refractivity contribution in [3.8, 4) is 11.5 Å². The highest BCUT2D eigenvalue weighted by molar-refractivity contribution is 5.77. The molecule has 1 aromatic heterocycles. The van der Waals surface area contributed by atoms with Crippen LogP contribution in [0.5, 0.6) is 0 Å². The summed E-state index contributed by atoms with van der Waals surface area (Å²) in [6.07, 6.45) is 6.46. The van der Waals surface area contributed by atoms with Crippen LogP contribution in [0.15, 0.2) is 46.0 Å². The predicted octanol–water partition coefficient (Wildman–Crippen LogP) is 3.33. The lowest BCUT2D eigenvalue weighted by molar-refractivity contribution is 0.572. The number of nitrogens with one attached hydrogen (secondary N) is 1. The monoisotopic (exact) mass is 300 g/mol. The Balaban J connectivity index is 1.79. The van der Waals surface area contributed by atoms with Crippen molar-refractivity contribution >= 4 is 5.96 Å². The summed E-state index contributed by atoms with van der Waals surface area (Å²) in [6.45, 7) is 3.48. The Bertz CT molecular complexity index is 577. The third kappa shape index (κ3) is 5.24. The zero-order valence-corrected chi connectivity index (χ0v) is 13.1. The second-order valence-corrected chi connectivity index (χ2v) is 5.20. The van der Waals surface area contributed by atoms with Gasteiger partial charge in [-0.25, -0.2) is 9.98 Å². The molecule has 5 heteroatoms. The van der Waals surface area contributed by atoms with Crippen molar-refractivity contribution in [2.75, 3.05) is 6.54 Å². The zero-order valence-electron chi connectivity index (χ0n) is 13.1. The van der Waals surface area contributed by atoms with Gasteiger partial charge in [0.1, 0.15) is 12.0 Å². The highest BCUT2D eigenvalue weighted by Crippen LogP contribution is 2.18. The van der Waals surface area contributed by atoms with E-state index in [9.17, 15) is 0 Å². The lowest BCUT2D eigenvalue weighted by Gasteiger charge is -2.04. The molecule has 0 bridgehead atoms. The number of unbranched alkanes of at least 4 members (excludes halogenated alkanes) is 3. The topological polar surface area (TPSA) is 76.4 Å². The third-order valence-electron chi connectivity index (χ3n) is 3.32. The van der Waals surface area contributed by atoms with E-state index in [-0.39, 0.29) is 0 Å². The lowest BCUT2D eigenvalue weighted by Crippen LogP contribution is -2.32. The van der Waals surface area contributed by atoms with Gasteiger partial charge in [-0.15, -0.1) is 0 Å². The van der Waals surface area contributed by atoms with Gasteiger partial charge >= 0.3 is 0 Å². The Morgan fingerprint density at radius 1 is 1.23 bits per heavy atom. The second kappa shape index (κ2) is 8.87. The van der Waals surface area contributed by atoms with Crippen LogP contribution in [0.3, 0.4) is 0 Å². The summed E-state index contributed by atoms with van der Waals surface area (Å²) >= 11 is 0. The molecule has 1 aromatic carbocycles. The molecule has 0 spiro atoms. The average molecular weight is 300 g/mol. The number of oxazole rings is 1. The van der Waals surface area contributed by atoms with E-state index in [1.165, 1.54) is 19.3 Å². The van der Waals surface area contributed by atoms with Gasteiger partial charge in [-0.1, -0.05) is 44.4 Å². The van der Waals surface area contributed by atoms with Crippen molar-refractivity contribution in [3.63, 3.8) is 0 Å². The molecule has 2 rings (SSSR count). The minimum atomic E-state index is 0.421. The van der Waals surface area contributed by atoms with Gasteiger partial charge < -0.3 is 15.5 Å². The smallest absolute Gasteiger partial charge is 0.226 e. The first-order chi connectivity index (χ1) is 10.8. The molecule has 3 N–H and O–H groups in total. The molecule has 5 nitrogen and oxygen atoms in total. The summed E-state index contributed by atoms with van der Waals surface area (Å²) in [5.41, 5.74) is 7.57. The van der Waals surface area contributed by atoms with E-state index in [1.54, 1.807) is 6.26 Å². The first-order valence-corrected chi connectivity index (χ1v) is 7.83. The first kappa shape index (κ1) is 16.1. The van der Waals surface area contributed by atoms with Gasteiger partial charge in [-0.2, -0.15) is 0 Å². The molecule has 0 fully saturated rings. The van der Waals surface area contributed by atoms with Crippen molar-refractivity contribution in [1.82, 2.24) is 10.3 Å². The molecule has 0 unspecified atom stereocenters. The molecule has 0 saturated carbocycles. The summed E-state index contributed by atoms with van der Waals surface area (Å²) in [6, 6.07) is 9.80. The van der Waals surface area contributed by atoms with Gasteiger partial charge in [-0.3, -0.25) is 0 Å². The van der Waals surface area contributed by atoms with Crippen LogP contribution in [0, 0.1) is 0 Å². The lowest BCUT2D eigenvalue weighted by atomic mass is 10.2. The number of nitrogens with two attached hydrogens (primary N) is 1. The van der Waals surface area contributed by atoms with Crippen LogP contribution in [0.1, 0.15) is 38.3 Å². The predicted molar refractivity (Wildman–Crippen MR) is 89.4 cm³/mol. The Morgan fingerprint density at radius 2 is 2.05 bits per heavy atom. The van der Waals surface area contributed by atoms with Crippen LogP contribution < -0.4 is 11.1 Å². The normalized spacial score (nSPS) is 11.6. The number of aromatic nitrogens is 1. The van der Waals surface area contributed by atoms with E-state index in [2.05, 4.69) is 22.2 Å². The summed E-state index contributed by atoms with van der Waals surface area (Å²) in [5.74, 6) is 1.07. The molecule has 0 aliphatic rings. The number of hydrogen-bond donors (Lipinski definition) is 2. The maximum atomic E-state index is 5.83. The quantitative estimate of drug-likeness (QED) is 0.445. The van der Waals surface area contributed by atoms with E-state index >= 15 is 0 Å². The van der Waals surface area contributed by atoms with E-state index in [4.69, 9.17) is 10.2 Å². The number of hydrogen-bond acceptors (Lipinski definition) is 3. The maximum absolute atomic E-state index is 5.83. The van der Waals surface area contributed by atoms with Gasteiger partial charge in [0, 0.05) is 12.1 Å². The minimum absolute atomic E-state index is 0.421. The molecule has 0 radical (unpaired) electrons. The van der Waals surface area contributed by atoms with Crippen LogP contribution in [-0.4, -0.2) is 17.5 Å². The second-order valence-electron chi connectivity index (χ2n) is 5.20. The highest BCUT2D eigenvalue weighted by atomic mass is 16.3. The molecule has 0 amide bonds. The zero-order chi connectivity index (χ0) is 15.6. The molecule has 0 atom stereocenters. The number of benzene rings is 1. The van der Waals surface area contributed by atoms with Gasteiger partial charge in [0.2, 0.25) is 5.89 Å². The van der Waals surface area contributed by atoms with E-state index in [0.29, 0.717) is 18.4 Å². The maximum Gasteiger partial charge on any atom is 0.226 e. The number of guanidine groups is 1. The van der Waals surface area contributed by atoms with Crippen LogP contribution in [0.25, 0.3) is 11.5 Å². The van der Waals surface area contributed by atoms with E-state index in [1.807, 2.05) is 30.3 Å². The summed E-state index contributed by atoms with van der Waals surface area (Å²) in [4.78, 5) is 8.70. The SMILES string of the molecule is CCCCCCNC(N)=NCc1coc(-c2ccccc2)n1. The number of nitrogens with zero attached hydrogens (tertiary/aromatic N) is 2. The standard InChI is InChI=1S/C17H24N4O/c1-2-3-4-8-11-19-17(18)20-12-15-13-22-16(21-15)14-9-6-5-7-10-14/h5-7,9-10,13H,2-4,8,11-12H2,1H3,(H3,18,19,20). The first-order valence-electron chi connectivity index (χ1n) is 7.83. The fraction of sp³-hybridized carbons (Fsp3) is 0.412. The summed E-state index contributed by atoms with van der Waals surface area (Å²) < 4.78 is 5.47. The third-order valence-corrected chi connectivity index (χ3v) is 3.32. The van der Waals surface area contributed by atoms with Crippen molar-refractivity contribution < 1.29 is 4.42 Å². The molecule has 1 heterocycles. The molecule has 0 aliphatic carbocycles. The van der Waals surface area contributed by atoms with Gasteiger partial charge in [0.25, 0.3) is 0 Å². The van der Waals surface area contributed by atoms with Gasteiger partial charge in [-0.05, 0) is 18.6 Å². The van der Waals surface area contributed by atoms with Crippen LogP contribution in [-0.2, 0) is 6.54 Å². The Hall–Kier alpha value is -2.30. The van der Waals surface area contributed by atoms with Crippen molar-refractivity contribution in [2.45, 2.75) is 39.2 Å². The van der Waals surface area contributed by atoms with Gasteiger partial charge in [0.15, 0.2) is 5.96 Å². The van der Waals surface area contributed by atoms with Crippen LogP contribution in [0.4, 0.5) is 0 Å². The molecule has 0 saturated heterocycles. The van der Waals surface area contributed by atoms with Crippen LogP contribution >= 0.6 is 0 Å². The Morgan fingerprint density at radius 3 is 2.82 bits per heavy atom. The largest absolute Gasteiger partial charge is 0.444 e. The van der Waals surface area contributed by atoms with Crippen molar-refractivity contribution in [2.24, 2.45) is 10.7 Å².